The lowest BCUT2D eigenvalue weighted by Crippen LogP contribution is -2.37. The summed E-state index contributed by atoms with van der Waals surface area (Å²) >= 11 is 12.7. The van der Waals surface area contributed by atoms with Crippen LogP contribution >= 0.6 is 23.2 Å². The maximum Gasteiger partial charge on any atom is 0.146 e. The van der Waals surface area contributed by atoms with Crippen molar-refractivity contribution >= 4 is 28.9 Å². The van der Waals surface area contributed by atoms with E-state index in [-0.39, 0.29) is 6.10 Å². The highest BCUT2D eigenvalue weighted by Gasteiger charge is 2.38. The molecule has 5 heteroatoms. The van der Waals surface area contributed by atoms with Crippen molar-refractivity contribution in [1.29, 1.82) is 0 Å². The number of hydrogen-bond acceptors (Lipinski definition) is 3. The van der Waals surface area contributed by atoms with Gasteiger partial charge < -0.3 is 15.0 Å². The van der Waals surface area contributed by atoms with Crippen LogP contribution in [0.5, 0.6) is 5.75 Å². The van der Waals surface area contributed by atoms with Crippen LogP contribution < -0.4 is 15.0 Å². The Morgan fingerprint density at radius 2 is 1.89 bits per heavy atom. The summed E-state index contributed by atoms with van der Waals surface area (Å²) in [7, 11) is 0. The van der Waals surface area contributed by atoms with Gasteiger partial charge in [-0.1, -0.05) is 43.1 Å². The number of fused-ring (bicyclic) bond motifs is 3. The zero-order valence-electron chi connectivity index (χ0n) is 16.6. The second kappa shape index (κ2) is 8.52. The largest absolute Gasteiger partial charge is 0.487 e. The summed E-state index contributed by atoms with van der Waals surface area (Å²) in [5, 5.41) is 4.89. The first-order valence-electron chi connectivity index (χ1n) is 10.4. The molecule has 28 heavy (non-hydrogen) atoms. The number of rotatable bonds is 6. The summed E-state index contributed by atoms with van der Waals surface area (Å²) in [6.45, 7) is 8.50. The van der Waals surface area contributed by atoms with Gasteiger partial charge >= 0.3 is 0 Å². The fourth-order valence-corrected chi connectivity index (χ4v) is 5.00. The predicted octanol–water partition coefficient (Wildman–Crippen LogP) is 6.12. The average molecular weight is 419 g/mol. The zero-order valence-corrected chi connectivity index (χ0v) is 18.1. The minimum atomic E-state index is 0.274. The van der Waals surface area contributed by atoms with Crippen LogP contribution in [0.3, 0.4) is 0 Å². The van der Waals surface area contributed by atoms with E-state index >= 15 is 0 Å². The standard InChI is InChI=1S/C23H28Cl2N2O/c1-3-9-27(10-4-2)21-12-15(17-6-5-16(24)13-20(17)25)11-18-19-14-26-8-7-22(19)28-23(18)21/h5-6,11-13,19,22,26H,3-4,7-10,14H2,1-2H3. The first kappa shape index (κ1) is 19.9. The molecule has 0 aliphatic carbocycles. The minimum Gasteiger partial charge on any atom is -0.487 e. The van der Waals surface area contributed by atoms with Crippen molar-refractivity contribution in [2.75, 3.05) is 31.1 Å². The SMILES string of the molecule is CCCN(CCC)c1cc(-c2ccc(Cl)cc2Cl)cc2c1OC1CCNCC21. The molecule has 2 heterocycles. The quantitative estimate of drug-likeness (QED) is 0.610. The van der Waals surface area contributed by atoms with Gasteiger partial charge in [0, 0.05) is 46.7 Å². The van der Waals surface area contributed by atoms with Gasteiger partial charge in [-0.2, -0.15) is 0 Å². The summed E-state index contributed by atoms with van der Waals surface area (Å²) in [5.41, 5.74) is 4.68. The Balaban J connectivity index is 1.86. The smallest absolute Gasteiger partial charge is 0.146 e. The van der Waals surface area contributed by atoms with Gasteiger partial charge in [0.05, 0.1) is 5.69 Å². The molecule has 2 aliphatic rings. The van der Waals surface area contributed by atoms with Crippen molar-refractivity contribution in [3.05, 3.63) is 45.9 Å². The van der Waals surface area contributed by atoms with Gasteiger partial charge in [-0.3, -0.25) is 0 Å². The van der Waals surface area contributed by atoms with Gasteiger partial charge in [0.1, 0.15) is 11.9 Å². The molecule has 2 unspecified atom stereocenters. The van der Waals surface area contributed by atoms with Gasteiger partial charge in [0.2, 0.25) is 0 Å². The second-order valence-electron chi connectivity index (χ2n) is 7.78. The van der Waals surface area contributed by atoms with Crippen LogP contribution in [-0.2, 0) is 0 Å². The molecular formula is C23H28Cl2N2O. The molecule has 0 bridgehead atoms. The Bertz CT molecular complexity index is 849. The highest BCUT2D eigenvalue weighted by Crippen LogP contribution is 2.49. The number of ether oxygens (including phenoxy) is 1. The van der Waals surface area contributed by atoms with Crippen molar-refractivity contribution < 1.29 is 4.74 Å². The molecule has 1 fully saturated rings. The molecule has 0 spiro atoms. The Hall–Kier alpha value is -1.42. The van der Waals surface area contributed by atoms with Crippen LogP contribution in [0.2, 0.25) is 10.0 Å². The average Bonchev–Trinajstić information content (AvgIpc) is 3.06. The maximum absolute atomic E-state index is 6.56. The van der Waals surface area contributed by atoms with Crippen molar-refractivity contribution in [2.24, 2.45) is 0 Å². The van der Waals surface area contributed by atoms with E-state index in [1.54, 1.807) is 0 Å². The number of hydrogen-bond donors (Lipinski definition) is 1. The number of benzene rings is 2. The van der Waals surface area contributed by atoms with Crippen LogP contribution in [0, 0.1) is 0 Å². The molecule has 0 saturated carbocycles. The van der Waals surface area contributed by atoms with Crippen LogP contribution in [0.1, 0.15) is 44.6 Å². The minimum absolute atomic E-state index is 0.274. The fourth-order valence-electron chi connectivity index (χ4n) is 4.48. The Morgan fingerprint density at radius 1 is 1.11 bits per heavy atom. The van der Waals surface area contributed by atoms with Crippen molar-refractivity contribution in [3.63, 3.8) is 0 Å². The highest BCUT2D eigenvalue weighted by atomic mass is 35.5. The molecule has 2 atom stereocenters. The monoisotopic (exact) mass is 418 g/mol. The van der Waals surface area contributed by atoms with E-state index in [1.165, 1.54) is 11.3 Å². The topological polar surface area (TPSA) is 24.5 Å². The highest BCUT2D eigenvalue weighted by molar-refractivity contribution is 6.36. The first-order chi connectivity index (χ1) is 13.6. The molecule has 1 N–H and O–H groups in total. The third-order valence-electron chi connectivity index (χ3n) is 5.76. The molecule has 0 aromatic heterocycles. The summed E-state index contributed by atoms with van der Waals surface area (Å²) in [6.07, 6.45) is 3.54. The Kier molecular flexibility index (Phi) is 6.05. The van der Waals surface area contributed by atoms with Crippen LogP contribution in [-0.4, -0.2) is 32.3 Å². The summed E-state index contributed by atoms with van der Waals surface area (Å²) in [6, 6.07) is 10.3. The summed E-state index contributed by atoms with van der Waals surface area (Å²) in [4.78, 5) is 2.47. The number of anilines is 1. The number of nitrogens with zero attached hydrogens (tertiary/aromatic N) is 1. The first-order valence-corrected chi connectivity index (χ1v) is 11.1. The number of halogens is 2. The molecular weight excluding hydrogens is 391 g/mol. The predicted molar refractivity (Wildman–Crippen MR) is 119 cm³/mol. The number of piperidine rings is 1. The molecule has 0 radical (unpaired) electrons. The van der Waals surface area contributed by atoms with E-state index in [9.17, 15) is 0 Å². The van der Waals surface area contributed by atoms with Gasteiger partial charge in [-0.15, -0.1) is 0 Å². The molecule has 2 aliphatic heterocycles. The van der Waals surface area contributed by atoms with Crippen molar-refractivity contribution in [3.8, 4) is 16.9 Å². The van der Waals surface area contributed by atoms with Crippen LogP contribution in [0.4, 0.5) is 5.69 Å². The second-order valence-corrected chi connectivity index (χ2v) is 8.62. The van der Waals surface area contributed by atoms with E-state index in [1.807, 2.05) is 18.2 Å². The maximum atomic E-state index is 6.56. The van der Waals surface area contributed by atoms with Crippen molar-refractivity contribution in [1.82, 2.24) is 5.32 Å². The Labute approximate surface area is 178 Å². The lowest BCUT2D eigenvalue weighted by Gasteiger charge is -2.27. The van der Waals surface area contributed by atoms with E-state index < -0.39 is 0 Å². The van der Waals surface area contributed by atoms with E-state index in [0.29, 0.717) is 16.0 Å². The van der Waals surface area contributed by atoms with E-state index in [0.717, 1.165) is 62.3 Å². The zero-order chi connectivity index (χ0) is 19.7. The van der Waals surface area contributed by atoms with Gasteiger partial charge in [0.25, 0.3) is 0 Å². The fraction of sp³-hybridized carbons (Fsp3) is 0.478. The Morgan fingerprint density at radius 3 is 2.61 bits per heavy atom. The van der Waals surface area contributed by atoms with Crippen LogP contribution in [0.25, 0.3) is 11.1 Å². The summed E-state index contributed by atoms with van der Waals surface area (Å²) in [5.74, 6) is 1.48. The molecule has 2 aromatic rings. The third kappa shape index (κ3) is 3.72. The lowest BCUT2D eigenvalue weighted by molar-refractivity contribution is 0.172. The van der Waals surface area contributed by atoms with E-state index in [2.05, 4.69) is 36.2 Å². The van der Waals surface area contributed by atoms with Gasteiger partial charge in [0.15, 0.2) is 0 Å². The molecule has 150 valence electrons. The molecule has 0 amide bonds. The number of nitrogens with one attached hydrogen (secondary N) is 1. The molecule has 4 rings (SSSR count). The lowest BCUT2D eigenvalue weighted by atomic mass is 9.88. The molecule has 3 nitrogen and oxygen atoms in total. The normalized spacial score (nSPS) is 20.4. The van der Waals surface area contributed by atoms with Gasteiger partial charge in [-0.25, -0.2) is 0 Å². The molecule has 2 aromatic carbocycles. The van der Waals surface area contributed by atoms with Crippen LogP contribution in [0.15, 0.2) is 30.3 Å². The van der Waals surface area contributed by atoms with E-state index in [4.69, 9.17) is 27.9 Å². The van der Waals surface area contributed by atoms with Crippen molar-refractivity contribution in [2.45, 2.75) is 45.1 Å². The molecule has 1 saturated heterocycles. The summed E-state index contributed by atoms with van der Waals surface area (Å²) < 4.78 is 6.52. The third-order valence-corrected chi connectivity index (χ3v) is 6.30. The van der Waals surface area contributed by atoms with Gasteiger partial charge in [-0.05, 0) is 55.6 Å².